The van der Waals surface area contributed by atoms with Crippen molar-refractivity contribution in [2.24, 2.45) is 5.92 Å². The first kappa shape index (κ1) is 14.5. The van der Waals surface area contributed by atoms with E-state index in [1.165, 1.54) is 25.9 Å². The molecule has 2 rings (SSSR count). The van der Waals surface area contributed by atoms with Crippen molar-refractivity contribution in [3.05, 3.63) is 17.8 Å². The molecule has 2 atom stereocenters. The summed E-state index contributed by atoms with van der Waals surface area (Å²) in [5.41, 5.74) is 1.07. The number of oxazole rings is 1. The molecule has 1 aliphatic heterocycles. The lowest BCUT2D eigenvalue weighted by Gasteiger charge is -2.31. The molecule has 1 N–H and O–H groups in total. The van der Waals surface area contributed by atoms with Crippen LogP contribution >= 0.6 is 0 Å². The van der Waals surface area contributed by atoms with Crippen molar-refractivity contribution in [3.63, 3.8) is 0 Å². The van der Waals surface area contributed by atoms with E-state index >= 15 is 0 Å². The van der Waals surface area contributed by atoms with Crippen molar-refractivity contribution >= 4 is 0 Å². The third kappa shape index (κ3) is 4.32. The molecule has 1 aromatic heterocycles. The summed E-state index contributed by atoms with van der Waals surface area (Å²) in [6.45, 7) is 8.01. The summed E-state index contributed by atoms with van der Waals surface area (Å²) in [5, 5.41) is 3.23. The van der Waals surface area contributed by atoms with Crippen LogP contribution in [0.2, 0.25) is 0 Å². The highest BCUT2D eigenvalue weighted by atomic mass is 16.3. The zero-order chi connectivity index (χ0) is 13.7. The van der Waals surface area contributed by atoms with Crippen LogP contribution in [0.4, 0.5) is 0 Å². The Kier molecular flexibility index (Phi) is 5.40. The van der Waals surface area contributed by atoms with E-state index in [2.05, 4.69) is 29.0 Å². The molecule has 4 heteroatoms. The maximum atomic E-state index is 5.62. The van der Waals surface area contributed by atoms with Crippen LogP contribution in [0.3, 0.4) is 0 Å². The van der Waals surface area contributed by atoms with Gasteiger partial charge in [0, 0.05) is 25.4 Å². The highest BCUT2D eigenvalue weighted by Gasteiger charge is 2.21. The second kappa shape index (κ2) is 7.06. The fourth-order valence-corrected chi connectivity index (χ4v) is 2.80. The van der Waals surface area contributed by atoms with Gasteiger partial charge in [0.25, 0.3) is 0 Å². The summed E-state index contributed by atoms with van der Waals surface area (Å²) >= 11 is 0. The molecule has 1 saturated heterocycles. The standard InChI is InChI=1S/C15H27N3O/c1-4-18-7-5-6-13(10-18)9-15-17-14(11-19-15)8-12(2)16-3/h11-13,16H,4-10H2,1-3H3. The van der Waals surface area contributed by atoms with Crippen LogP contribution in [0, 0.1) is 5.92 Å². The molecule has 0 radical (unpaired) electrons. The van der Waals surface area contributed by atoms with E-state index in [1.807, 2.05) is 13.3 Å². The van der Waals surface area contributed by atoms with E-state index in [9.17, 15) is 0 Å². The van der Waals surface area contributed by atoms with Crippen molar-refractivity contribution in [1.29, 1.82) is 0 Å². The van der Waals surface area contributed by atoms with Gasteiger partial charge in [-0.05, 0) is 45.8 Å². The molecular formula is C15H27N3O. The molecule has 2 heterocycles. The van der Waals surface area contributed by atoms with Gasteiger partial charge in [0.1, 0.15) is 6.26 Å². The van der Waals surface area contributed by atoms with E-state index < -0.39 is 0 Å². The van der Waals surface area contributed by atoms with Crippen LogP contribution in [-0.2, 0) is 12.8 Å². The summed E-state index contributed by atoms with van der Waals surface area (Å²) in [6.07, 6.45) is 6.36. The Balaban J connectivity index is 1.85. The molecule has 0 spiro atoms. The van der Waals surface area contributed by atoms with Crippen LogP contribution in [-0.4, -0.2) is 42.6 Å². The molecular weight excluding hydrogens is 238 g/mol. The average Bonchev–Trinajstić information content (AvgIpc) is 2.86. The van der Waals surface area contributed by atoms with Gasteiger partial charge in [-0.2, -0.15) is 0 Å². The largest absolute Gasteiger partial charge is 0.449 e. The van der Waals surface area contributed by atoms with Crippen LogP contribution in [0.15, 0.2) is 10.7 Å². The predicted molar refractivity (Wildman–Crippen MR) is 77.3 cm³/mol. The lowest BCUT2D eigenvalue weighted by atomic mass is 9.95. The zero-order valence-electron chi connectivity index (χ0n) is 12.5. The molecule has 108 valence electrons. The minimum atomic E-state index is 0.447. The molecule has 1 fully saturated rings. The fourth-order valence-electron chi connectivity index (χ4n) is 2.80. The number of hydrogen-bond donors (Lipinski definition) is 1. The lowest BCUT2D eigenvalue weighted by molar-refractivity contribution is 0.176. The number of nitrogens with zero attached hydrogens (tertiary/aromatic N) is 2. The lowest BCUT2D eigenvalue weighted by Crippen LogP contribution is -2.35. The van der Waals surface area contributed by atoms with Gasteiger partial charge < -0.3 is 14.6 Å². The van der Waals surface area contributed by atoms with Crippen LogP contribution in [0.25, 0.3) is 0 Å². The van der Waals surface area contributed by atoms with Crippen molar-refractivity contribution in [3.8, 4) is 0 Å². The Morgan fingerprint density at radius 3 is 3.16 bits per heavy atom. The monoisotopic (exact) mass is 265 g/mol. The van der Waals surface area contributed by atoms with Crippen LogP contribution in [0.1, 0.15) is 38.3 Å². The first-order chi connectivity index (χ1) is 9.21. The molecule has 19 heavy (non-hydrogen) atoms. The number of aromatic nitrogens is 1. The predicted octanol–water partition coefficient (Wildman–Crippen LogP) is 2.10. The Labute approximate surface area is 116 Å². The van der Waals surface area contributed by atoms with Gasteiger partial charge in [-0.15, -0.1) is 0 Å². The Morgan fingerprint density at radius 1 is 1.58 bits per heavy atom. The molecule has 1 aromatic rings. The van der Waals surface area contributed by atoms with Gasteiger partial charge >= 0.3 is 0 Å². The normalized spacial score (nSPS) is 22.6. The first-order valence-corrected chi connectivity index (χ1v) is 7.54. The minimum Gasteiger partial charge on any atom is -0.449 e. The maximum absolute atomic E-state index is 5.62. The summed E-state index contributed by atoms with van der Waals surface area (Å²) < 4.78 is 5.62. The number of nitrogens with one attached hydrogen (secondary N) is 1. The highest BCUT2D eigenvalue weighted by Crippen LogP contribution is 2.20. The molecule has 2 unspecified atom stereocenters. The van der Waals surface area contributed by atoms with Gasteiger partial charge in [0.15, 0.2) is 5.89 Å². The van der Waals surface area contributed by atoms with Crippen molar-refractivity contribution in [1.82, 2.24) is 15.2 Å². The third-order valence-electron chi connectivity index (χ3n) is 4.12. The van der Waals surface area contributed by atoms with E-state index in [-0.39, 0.29) is 0 Å². The van der Waals surface area contributed by atoms with Gasteiger partial charge in [0.05, 0.1) is 5.69 Å². The maximum Gasteiger partial charge on any atom is 0.194 e. The zero-order valence-corrected chi connectivity index (χ0v) is 12.5. The topological polar surface area (TPSA) is 41.3 Å². The Hall–Kier alpha value is -0.870. The number of likely N-dealkylation sites (tertiary alicyclic amines) is 1. The molecule has 0 aliphatic carbocycles. The quantitative estimate of drug-likeness (QED) is 0.855. The second-order valence-corrected chi connectivity index (χ2v) is 5.73. The molecule has 0 bridgehead atoms. The highest BCUT2D eigenvalue weighted by molar-refractivity contribution is 5.00. The number of rotatable bonds is 6. The second-order valence-electron chi connectivity index (χ2n) is 5.73. The van der Waals surface area contributed by atoms with E-state index in [0.717, 1.165) is 31.0 Å². The molecule has 0 amide bonds. The van der Waals surface area contributed by atoms with E-state index in [1.54, 1.807) is 0 Å². The van der Waals surface area contributed by atoms with Crippen molar-refractivity contribution < 1.29 is 4.42 Å². The van der Waals surface area contributed by atoms with Gasteiger partial charge in [-0.1, -0.05) is 6.92 Å². The Bertz CT molecular complexity index is 377. The van der Waals surface area contributed by atoms with Gasteiger partial charge in [0.2, 0.25) is 0 Å². The molecule has 1 aliphatic rings. The summed E-state index contributed by atoms with van der Waals surface area (Å²) in [6, 6.07) is 0.447. The number of piperidine rings is 1. The SMILES string of the molecule is CCN1CCCC(Cc2nc(CC(C)NC)co2)C1. The first-order valence-electron chi connectivity index (χ1n) is 7.54. The van der Waals surface area contributed by atoms with Gasteiger partial charge in [-0.3, -0.25) is 0 Å². The molecule has 0 aromatic carbocycles. The Morgan fingerprint density at radius 2 is 2.42 bits per heavy atom. The molecule has 4 nitrogen and oxygen atoms in total. The van der Waals surface area contributed by atoms with Gasteiger partial charge in [-0.25, -0.2) is 4.98 Å². The van der Waals surface area contributed by atoms with Crippen LogP contribution in [0.5, 0.6) is 0 Å². The van der Waals surface area contributed by atoms with Crippen molar-refractivity contribution in [2.75, 3.05) is 26.7 Å². The van der Waals surface area contributed by atoms with Crippen molar-refractivity contribution in [2.45, 2.75) is 45.6 Å². The summed E-state index contributed by atoms with van der Waals surface area (Å²) in [7, 11) is 1.98. The fraction of sp³-hybridized carbons (Fsp3) is 0.800. The third-order valence-corrected chi connectivity index (χ3v) is 4.12. The summed E-state index contributed by atoms with van der Waals surface area (Å²) in [5.74, 6) is 1.63. The number of hydrogen-bond acceptors (Lipinski definition) is 4. The average molecular weight is 265 g/mol. The minimum absolute atomic E-state index is 0.447. The number of likely N-dealkylation sites (N-methyl/N-ethyl adjacent to an activating group) is 1. The van der Waals surface area contributed by atoms with E-state index in [0.29, 0.717) is 12.0 Å². The summed E-state index contributed by atoms with van der Waals surface area (Å²) in [4.78, 5) is 7.15. The van der Waals surface area contributed by atoms with E-state index in [4.69, 9.17) is 4.42 Å². The van der Waals surface area contributed by atoms with Crippen LogP contribution < -0.4 is 5.32 Å². The molecule has 0 saturated carbocycles. The smallest absolute Gasteiger partial charge is 0.194 e.